The molecule has 0 aliphatic rings. The number of halogens is 5. The Morgan fingerprint density at radius 3 is 1.88 bits per heavy atom. The van der Waals surface area contributed by atoms with Crippen molar-refractivity contribution < 1.29 is 41.0 Å². The van der Waals surface area contributed by atoms with Crippen LogP contribution in [0.15, 0.2) is 0 Å². The average molecular weight is 382 g/mol. The first-order valence-electron chi connectivity index (χ1n) is 8.07. The Morgan fingerprint density at radius 2 is 1.35 bits per heavy atom. The van der Waals surface area contributed by atoms with Gasteiger partial charge in [0, 0.05) is 0 Å². The van der Waals surface area contributed by atoms with Crippen LogP contribution in [-0.2, 0) is 19.1 Å². The maximum absolute atomic E-state index is 13.6. The molecule has 0 aliphatic carbocycles. The van der Waals surface area contributed by atoms with E-state index in [1.807, 2.05) is 6.92 Å². The van der Waals surface area contributed by atoms with Crippen LogP contribution in [0.1, 0.15) is 57.6 Å². The van der Waals surface area contributed by atoms with Gasteiger partial charge >= 0.3 is 11.9 Å². The Hall–Kier alpha value is -2.19. The molecule has 1 unspecified atom stereocenters. The highest BCUT2D eigenvalue weighted by molar-refractivity contribution is 5.77. The number of carbonyl (C=O) groups is 2. The first-order valence-corrected chi connectivity index (χ1v) is 8.07. The molecule has 0 radical (unpaired) electrons. The zero-order valence-electron chi connectivity index (χ0n) is 14.3. The summed E-state index contributed by atoms with van der Waals surface area (Å²) in [6.45, 7) is 3.14. The second kappa shape index (κ2) is 10.1. The molecule has 1 aromatic rings. The lowest BCUT2D eigenvalue weighted by molar-refractivity contribution is -0.153. The molecule has 4 nitrogen and oxygen atoms in total. The molecule has 1 atom stereocenters. The van der Waals surface area contributed by atoms with Gasteiger partial charge in [-0.25, -0.2) is 22.0 Å². The predicted molar refractivity (Wildman–Crippen MR) is 80.5 cm³/mol. The van der Waals surface area contributed by atoms with Gasteiger partial charge in [-0.3, -0.25) is 9.59 Å². The SMILES string of the molecule is CCCCCOC(=O)CCC(=O)OC(C)c1c(F)c(F)c(F)c(F)c1F. The molecule has 0 fully saturated rings. The van der Waals surface area contributed by atoms with E-state index in [1.165, 1.54) is 0 Å². The minimum absolute atomic E-state index is 0.211. The molecule has 0 heterocycles. The van der Waals surface area contributed by atoms with E-state index >= 15 is 0 Å². The molecule has 0 bridgehead atoms. The van der Waals surface area contributed by atoms with E-state index in [2.05, 4.69) is 4.74 Å². The van der Waals surface area contributed by atoms with Gasteiger partial charge in [0.15, 0.2) is 23.3 Å². The topological polar surface area (TPSA) is 52.6 Å². The number of hydrogen-bond acceptors (Lipinski definition) is 4. The molecule has 1 aromatic carbocycles. The van der Waals surface area contributed by atoms with Crippen molar-refractivity contribution in [3.05, 3.63) is 34.6 Å². The molecule has 146 valence electrons. The van der Waals surface area contributed by atoms with Crippen molar-refractivity contribution in [2.24, 2.45) is 0 Å². The van der Waals surface area contributed by atoms with Crippen LogP contribution in [0.5, 0.6) is 0 Å². The summed E-state index contributed by atoms with van der Waals surface area (Å²) in [7, 11) is 0. The predicted octanol–water partition coefficient (Wildman–Crippen LogP) is 4.50. The highest BCUT2D eigenvalue weighted by Gasteiger charge is 2.30. The van der Waals surface area contributed by atoms with Gasteiger partial charge in [0.2, 0.25) is 5.82 Å². The van der Waals surface area contributed by atoms with Gasteiger partial charge in [0.05, 0.1) is 25.0 Å². The van der Waals surface area contributed by atoms with Crippen molar-refractivity contribution >= 4 is 11.9 Å². The van der Waals surface area contributed by atoms with Gasteiger partial charge in [-0.15, -0.1) is 0 Å². The second-order valence-corrected chi connectivity index (χ2v) is 5.54. The number of hydrogen-bond donors (Lipinski definition) is 0. The molecule has 0 spiro atoms. The van der Waals surface area contributed by atoms with E-state index in [1.54, 1.807) is 0 Å². The van der Waals surface area contributed by atoms with Crippen LogP contribution < -0.4 is 0 Å². The number of carbonyl (C=O) groups excluding carboxylic acids is 2. The van der Waals surface area contributed by atoms with E-state index in [0.29, 0.717) is 6.42 Å². The Bertz CT molecular complexity index is 634. The van der Waals surface area contributed by atoms with Gasteiger partial charge in [0.1, 0.15) is 6.10 Å². The van der Waals surface area contributed by atoms with Crippen LogP contribution in [0.4, 0.5) is 22.0 Å². The lowest BCUT2D eigenvalue weighted by Gasteiger charge is -2.16. The number of ether oxygens (including phenoxy) is 2. The lowest BCUT2D eigenvalue weighted by atomic mass is 10.1. The van der Waals surface area contributed by atoms with Crippen molar-refractivity contribution in [2.45, 2.75) is 52.1 Å². The third-order valence-corrected chi connectivity index (χ3v) is 3.50. The third kappa shape index (κ3) is 5.67. The first kappa shape index (κ1) is 21.9. The van der Waals surface area contributed by atoms with Crippen LogP contribution in [0.3, 0.4) is 0 Å². The smallest absolute Gasteiger partial charge is 0.306 e. The van der Waals surface area contributed by atoms with Gasteiger partial charge in [-0.1, -0.05) is 19.8 Å². The monoisotopic (exact) mass is 382 g/mol. The van der Waals surface area contributed by atoms with Gasteiger partial charge in [-0.2, -0.15) is 0 Å². The molecule has 26 heavy (non-hydrogen) atoms. The summed E-state index contributed by atoms with van der Waals surface area (Å²) in [6, 6.07) is 0. The summed E-state index contributed by atoms with van der Waals surface area (Å²) in [5.41, 5.74) is -1.25. The molecule has 0 aromatic heterocycles. The zero-order chi connectivity index (χ0) is 19.9. The number of unbranched alkanes of at least 4 members (excludes halogenated alkanes) is 2. The van der Waals surface area contributed by atoms with Crippen molar-refractivity contribution in [3.8, 4) is 0 Å². The summed E-state index contributed by atoms with van der Waals surface area (Å²) in [6.07, 6.45) is 0.00642. The van der Waals surface area contributed by atoms with E-state index < -0.39 is 59.1 Å². The van der Waals surface area contributed by atoms with Crippen molar-refractivity contribution in [3.63, 3.8) is 0 Å². The highest BCUT2D eigenvalue weighted by Crippen LogP contribution is 2.29. The minimum atomic E-state index is -2.30. The number of rotatable bonds is 9. The fraction of sp³-hybridized carbons (Fsp3) is 0.529. The van der Waals surface area contributed by atoms with Crippen molar-refractivity contribution in [1.82, 2.24) is 0 Å². The summed E-state index contributed by atoms with van der Waals surface area (Å²) in [5.74, 6) is -12.4. The average Bonchev–Trinajstić information content (AvgIpc) is 2.60. The van der Waals surface area contributed by atoms with Gasteiger partial charge < -0.3 is 9.47 Å². The molecular weight excluding hydrogens is 363 g/mol. The number of esters is 2. The van der Waals surface area contributed by atoms with Crippen molar-refractivity contribution in [1.29, 1.82) is 0 Å². The maximum atomic E-state index is 13.6. The zero-order valence-corrected chi connectivity index (χ0v) is 14.3. The summed E-state index contributed by atoms with van der Waals surface area (Å²) in [4.78, 5) is 23.0. The minimum Gasteiger partial charge on any atom is -0.466 e. The Morgan fingerprint density at radius 1 is 0.846 bits per heavy atom. The van der Waals surface area contributed by atoms with Crippen molar-refractivity contribution in [2.75, 3.05) is 6.61 Å². The van der Waals surface area contributed by atoms with Gasteiger partial charge in [0.25, 0.3) is 0 Å². The molecule has 1 rings (SSSR count). The Balaban J connectivity index is 2.62. The maximum Gasteiger partial charge on any atom is 0.306 e. The van der Waals surface area contributed by atoms with Crippen LogP contribution in [0.2, 0.25) is 0 Å². The molecule has 0 amide bonds. The fourth-order valence-corrected chi connectivity index (χ4v) is 2.11. The van der Waals surface area contributed by atoms with E-state index in [-0.39, 0.29) is 13.0 Å². The largest absolute Gasteiger partial charge is 0.466 e. The van der Waals surface area contributed by atoms with Crippen LogP contribution >= 0.6 is 0 Å². The fourth-order valence-electron chi connectivity index (χ4n) is 2.11. The third-order valence-electron chi connectivity index (χ3n) is 3.50. The summed E-state index contributed by atoms with van der Waals surface area (Å²) in [5, 5.41) is 0. The van der Waals surface area contributed by atoms with Crippen LogP contribution in [0, 0.1) is 29.1 Å². The Labute approximate surface area is 147 Å². The first-order chi connectivity index (χ1) is 12.2. The van der Waals surface area contributed by atoms with Gasteiger partial charge in [-0.05, 0) is 13.3 Å². The number of benzene rings is 1. The molecule has 0 saturated heterocycles. The second-order valence-electron chi connectivity index (χ2n) is 5.54. The normalized spacial score (nSPS) is 12.0. The molecule has 0 N–H and O–H groups in total. The summed E-state index contributed by atoms with van der Waals surface area (Å²) >= 11 is 0. The van der Waals surface area contributed by atoms with E-state index in [0.717, 1.165) is 19.8 Å². The summed E-state index contributed by atoms with van der Waals surface area (Å²) < 4.78 is 76.1. The Kier molecular flexibility index (Phi) is 8.47. The van der Waals surface area contributed by atoms with E-state index in [9.17, 15) is 31.5 Å². The molecular formula is C17H19F5O4. The standard InChI is InChI=1S/C17H19F5O4/c1-3-4-5-8-25-10(23)6-7-11(24)26-9(2)12-13(18)15(20)17(22)16(21)14(12)19/h9H,3-8H2,1-2H3. The molecule has 0 saturated carbocycles. The van der Waals surface area contributed by atoms with Crippen LogP contribution in [0.25, 0.3) is 0 Å². The van der Waals surface area contributed by atoms with E-state index in [4.69, 9.17) is 4.74 Å². The molecule has 9 heteroatoms. The van der Waals surface area contributed by atoms with Crippen LogP contribution in [-0.4, -0.2) is 18.5 Å². The lowest BCUT2D eigenvalue weighted by Crippen LogP contribution is -2.16. The highest BCUT2D eigenvalue weighted by atomic mass is 19.2. The quantitative estimate of drug-likeness (QED) is 0.207. The molecule has 0 aliphatic heterocycles.